The van der Waals surface area contributed by atoms with Crippen molar-refractivity contribution in [3.8, 4) is 11.4 Å². The van der Waals surface area contributed by atoms with E-state index in [4.69, 9.17) is 0 Å². The van der Waals surface area contributed by atoms with Gasteiger partial charge >= 0.3 is 0 Å². The summed E-state index contributed by atoms with van der Waals surface area (Å²) in [6.07, 6.45) is 0. The molecule has 26 heavy (non-hydrogen) atoms. The number of carbonyl (C=O) groups is 1. The molecule has 0 saturated heterocycles. The Labute approximate surface area is 152 Å². The summed E-state index contributed by atoms with van der Waals surface area (Å²) in [5.74, 6) is -0.138. The number of amides is 1. The summed E-state index contributed by atoms with van der Waals surface area (Å²) in [6.45, 7) is 11.6. The van der Waals surface area contributed by atoms with Crippen molar-refractivity contribution >= 4 is 22.6 Å². The number of rotatable bonds is 3. The second kappa shape index (κ2) is 6.29. The number of nitrogens with zero attached hydrogens (tertiary/aromatic N) is 3. The van der Waals surface area contributed by atoms with Crippen LogP contribution in [0.15, 0.2) is 48.6 Å². The van der Waals surface area contributed by atoms with Gasteiger partial charge in [0.15, 0.2) is 0 Å². The molecular formula is C20H22N4O2. The van der Waals surface area contributed by atoms with Crippen LogP contribution in [-0.4, -0.2) is 26.0 Å². The van der Waals surface area contributed by atoms with Gasteiger partial charge in [-0.2, -0.15) is 0 Å². The highest BCUT2D eigenvalue weighted by Crippen LogP contribution is 2.29. The first-order chi connectivity index (χ1) is 12.1. The summed E-state index contributed by atoms with van der Waals surface area (Å²) in [7, 11) is 0. The zero-order chi connectivity index (χ0) is 19.1. The molecule has 0 atom stereocenters. The van der Waals surface area contributed by atoms with Gasteiger partial charge in [-0.1, -0.05) is 33.4 Å². The van der Waals surface area contributed by atoms with Crippen LogP contribution in [0.4, 0.5) is 5.69 Å². The Morgan fingerprint density at radius 1 is 1.12 bits per heavy atom. The molecule has 3 aromatic rings. The summed E-state index contributed by atoms with van der Waals surface area (Å²) < 4.78 is 0. The number of aromatic hydroxyl groups is 1. The van der Waals surface area contributed by atoms with Gasteiger partial charge < -0.3 is 10.4 Å². The van der Waals surface area contributed by atoms with Gasteiger partial charge in [-0.05, 0) is 48.2 Å². The van der Waals surface area contributed by atoms with E-state index >= 15 is 0 Å². The number of hydrogen-bond donors (Lipinski definition) is 2. The van der Waals surface area contributed by atoms with E-state index in [0.717, 1.165) is 5.56 Å². The second-order valence-electron chi connectivity index (χ2n) is 7.38. The van der Waals surface area contributed by atoms with Gasteiger partial charge in [-0.15, -0.1) is 15.0 Å². The minimum Gasteiger partial charge on any atom is -0.506 e. The van der Waals surface area contributed by atoms with Crippen LogP contribution in [0.5, 0.6) is 5.75 Å². The quantitative estimate of drug-likeness (QED) is 0.701. The van der Waals surface area contributed by atoms with Crippen molar-refractivity contribution in [1.82, 2.24) is 15.0 Å². The van der Waals surface area contributed by atoms with E-state index in [1.165, 1.54) is 4.80 Å². The normalized spacial score (nSPS) is 11.5. The Kier molecular flexibility index (Phi) is 4.28. The molecule has 6 heteroatoms. The lowest BCUT2D eigenvalue weighted by Gasteiger charge is -2.19. The van der Waals surface area contributed by atoms with Crippen LogP contribution in [0.25, 0.3) is 16.7 Å². The first-order valence-corrected chi connectivity index (χ1v) is 8.33. The second-order valence-corrected chi connectivity index (χ2v) is 7.38. The average Bonchev–Trinajstić information content (AvgIpc) is 2.97. The third kappa shape index (κ3) is 3.44. The highest BCUT2D eigenvalue weighted by molar-refractivity contribution is 6.03. The van der Waals surface area contributed by atoms with E-state index in [1.807, 2.05) is 12.1 Å². The molecule has 1 amide bonds. The van der Waals surface area contributed by atoms with E-state index in [1.54, 1.807) is 31.2 Å². The lowest BCUT2D eigenvalue weighted by atomic mass is 9.87. The number of fused-ring (bicyclic) bond motifs is 1. The first-order valence-electron chi connectivity index (χ1n) is 8.33. The average molecular weight is 350 g/mol. The number of benzene rings is 2. The Balaban J connectivity index is 2.02. The van der Waals surface area contributed by atoms with Gasteiger partial charge in [-0.3, -0.25) is 4.79 Å². The molecule has 0 aliphatic rings. The highest BCUT2D eigenvalue weighted by atomic mass is 16.3. The number of hydrogen-bond acceptors (Lipinski definition) is 4. The molecule has 2 N–H and O–H groups in total. The van der Waals surface area contributed by atoms with Crippen LogP contribution in [0.2, 0.25) is 0 Å². The number of phenolic OH excluding ortho intramolecular Hbond substituents is 1. The molecule has 0 bridgehead atoms. The van der Waals surface area contributed by atoms with Crippen molar-refractivity contribution < 1.29 is 9.90 Å². The smallest absolute Gasteiger partial charge is 0.250 e. The Hall–Kier alpha value is -3.15. The molecule has 1 heterocycles. The Morgan fingerprint density at radius 2 is 1.81 bits per heavy atom. The fourth-order valence-corrected chi connectivity index (χ4v) is 2.49. The number of nitrogens with one attached hydrogen (secondary N) is 1. The minimum atomic E-state index is -0.243. The molecule has 6 nitrogen and oxygen atoms in total. The summed E-state index contributed by atoms with van der Waals surface area (Å²) >= 11 is 0. The van der Waals surface area contributed by atoms with Gasteiger partial charge in [-0.25, -0.2) is 0 Å². The number of anilines is 1. The molecular weight excluding hydrogens is 328 g/mol. The lowest BCUT2D eigenvalue weighted by Crippen LogP contribution is -2.12. The SMILES string of the molecule is C=C(C)C(=O)Nc1ccc2nn(-c3cc(C(C)(C)C)ccc3O)nc2c1. The van der Waals surface area contributed by atoms with Crippen LogP contribution in [0, 0.1) is 0 Å². The molecule has 2 aromatic carbocycles. The van der Waals surface area contributed by atoms with Crippen molar-refractivity contribution in [1.29, 1.82) is 0 Å². The maximum atomic E-state index is 11.8. The number of carbonyl (C=O) groups excluding carboxylic acids is 1. The van der Waals surface area contributed by atoms with Crippen molar-refractivity contribution in [3.05, 3.63) is 54.1 Å². The number of phenols is 1. The summed E-state index contributed by atoms with van der Waals surface area (Å²) in [5.41, 5.74) is 3.85. The van der Waals surface area contributed by atoms with Gasteiger partial charge in [0.1, 0.15) is 22.5 Å². The fraction of sp³-hybridized carbons (Fsp3) is 0.250. The highest BCUT2D eigenvalue weighted by Gasteiger charge is 2.17. The third-order valence-electron chi connectivity index (χ3n) is 4.08. The summed E-state index contributed by atoms with van der Waals surface area (Å²) in [6, 6.07) is 10.7. The molecule has 134 valence electrons. The van der Waals surface area contributed by atoms with E-state index in [-0.39, 0.29) is 17.1 Å². The third-order valence-corrected chi connectivity index (χ3v) is 4.08. The van der Waals surface area contributed by atoms with Crippen LogP contribution < -0.4 is 5.32 Å². The molecule has 0 saturated carbocycles. The summed E-state index contributed by atoms with van der Waals surface area (Å²) in [5, 5.41) is 21.9. The van der Waals surface area contributed by atoms with Crippen LogP contribution >= 0.6 is 0 Å². The molecule has 0 aliphatic heterocycles. The zero-order valence-corrected chi connectivity index (χ0v) is 15.4. The van der Waals surface area contributed by atoms with Crippen LogP contribution in [0.3, 0.4) is 0 Å². The predicted octanol–water partition coefficient (Wildman–Crippen LogP) is 3.94. The Bertz CT molecular complexity index is 1010. The predicted molar refractivity (Wildman–Crippen MR) is 103 cm³/mol. The van der Waals surface area contributed by atoms with Crippen molar-refractivity contribution in [2.24, 2.45) is 0 Å². The van der Waals surface area contributed by atoms with Gasteiger partial charge in [0, 0.05) is 11.3 Å². The summed E-state index contributed by atoms with van der Waals surface area (Å²) in [4.78, 5) is 13.2. The Morgan fingerprint density at radius 3 is 2.46 bits per heavy atom. The zero-order valence-electron chi connectivity index (χ0n) is 15.4. The van der Waals surface area contributed by atoms with Gasteiger partial charge in [0.2, 0.25) is 0 Å². The molecule has 0 aliphatic carbocycles. The molecule has 3 rings (SSSR count). The largest absolute Gasteiger partial charge is 0.506 e. The first kappa shape index (κ1) is 17.7. The fourth-order valence-electron chi connectivity index (χ4n) is 2.49. The van der Waals surface area contributed by atoms with E-state index < -0.39 is 0 Å². The number of aromatic nitrogens is 3. The molecule has 1 aromatic heterocycles. The molecule has 0 unspecified atom stereocenters. The van der Waals surface area contributed by atoms with Gasteiger partial charge in [0.05, 0.1) is 0 Å². The van der Waals surface area contributed by atoms with Crippen molar-refractivity contribution in [2.45, 2.75) is 33.1 Å². The van der Waals surface area contributed by atoms with E-state index in [2.05, 4.69) is 42.9 Å². The lowest BCUT2D eigenvalue weighted by molar-refractivity contribution is -0.112. The molecule has 0 spiro atoms. The van der Waals surface area contributed by atoms with Crippen molar-refractivity contribution in [2.75, 3.05) is 5.32 Å². The molecule has 0 fully saturated rings. The monoisotopic (exact) mass is 350 g/mol. The van der Waals surface area contributed by atoms with Gasteiger partial charge in [0.25, 0.3) is 5.91 Å². The van der Waals surface area contributed by atoms with E-state index in [9.17, 15) is 9.90 Å². The van der Waals surface area contributed by atoms with Crippen LogP contribution in [0.1, 0.15) is 33.3 Å². The minimum absolute atomic E-state index is 0.0605. The maximum Gasteiger partial charge on any atom is 0.250 e. The van der Waals surface area contributed by atoms with Crippen LogP contribution in [-0.2, 0) is 10.2 Å². The van der Waals surface area contributed by atoms with E-state index in [0.29, 0.717) is 28.0 Å². The standard InChI is InChI=1S/C20H22N4O2/c1-12(2)19(26)21-14-7-8-15-16(11-14)23-24(22-15)17-10-13(20(3,4)5)6-9-18(17)25/h6-11,25H,1H2,2-5H3,(H,21,26). The molecule has 0 radical (unpaired) electrons. The topological polar surface area (TPSA) is 80.0 Å². The maximum absolute atomic E-state index is 11.8. The van der Waals surface area contributed by atoms with Crippen molar-refractivity contribution in [3.63, 3.8) is 0 Å².